The van der Waals surface area contributed by atoms with E-state index < -0.39 is 0 Å². The molecule has 0 aliphatic rings. The van der Waals surface area contributed by atoms with E-state index in [1.807, 2.05) is 30.5 Å². The summed E-state index contributed by atoms with van der Waals surface area (Å²) in [4.78, 5) is 5.09. The number of methoxy groups -OCH3 is 1. The van der Waals surface area contributed by atoms with Crippen LogP contribution >= 0.6 is 11.3 Å². The second-order valence-electron chi connectivity index (χ2n) is 2.94. The van der Waals surface area contributed by atoms with Gasteiger partial charge in [-0.25, -0.2) is 0 Å². The normalized spacial score (nSPS) is 9.93. The molecule has 0 bridgehead atoms. The molecule has 2 aromatic rings. The van der Waals surface area contributed by atoms with Crippen molar-refractivity contribution in [2.24, 2.45) is 0 Å². The Labute approximate surface area is 92.3 Å². The summed E-state index contributed by atoms with van der Waals surface area (Å²) in [6.07, 6.45) is 1.81. The Hall–Kier alpha value is -1.55. The molecule has 0 amide bonds. The molecular weight excluding hydrogens is 210 g/mol. The van der Waals surface area contributed by atoms with Gasteiger partial charge in [-0.2, -0.15) is 0 Å². The highest BCUT2D eigenvalue weighted by atomic mass is 32.1. The third-order valence-corrected chi connectivity index (χ3v) is 2.66. The van der Waals surface area contributed by atoms with Gasteiger partial charge in [0.15, 0.2) is 0 Å². The van der Waals surface area contributed by atoms with Crippen molar-refractivity contribution in [1.82, 2.24) is 4.98 Å². The molecule has 0 saturated heterocycles. The average molecular weight is 221 g/mol. The largest absolute Gasteiger partial charge is 0.497 e. The van der Waals surface area contributed by atoms with Gasteiger partial charge in [0.2, 0.25) is 0 Å². The van der Waals surface area contributed by atoms with Gasteiger partial charge < -0.3 is 9.47 Å². The molecule has 1 aromatic heterocycles. The maximum Gasteiger partial charge on any atom is 0.124 e. The molecule has 0 fully saturated rings. The van der Waals surface area contributed by atoms with E-state index in [4.69, 9.17) is 9.47 Å². The minimum Gasteiger partial charge on any atom is -0.497 e. The van der Waals surface area contributed by atoms with Crippen molar-refractivity contribution >= 4 is 11.3 Å². The van der Waals surface area contributed by atoms with Crippen LogP contribution in [-0.2, 0) is 6.61 Å². The lowest BCUT2D eigenvalue weighted by atomic mass is 10.3. The molecule has 78 valence electrons. The smallest absolute Gasteiger partial charge is 0.124 e. The van der Waals surface area contributed by atoms with Gasteiger partial charge in [-0.05, 0) is 12.1 Å². The highest BCUT2D eigenvalue weighted by Gasteiger charge is 1.98. The Kier molecular flexibility index (Phi) is 3.19. The highest BCUT2D eigenvalue weighted by Crippen LogP contribution is 2.20. The number of ether oxygens (including phenoxy) is 2. The molecule has 0 aliphatic heterocycles. The summed E-state index contributed by atoms with van der Waals surface area (Å²) in [6, 6.07) is 7.56. The van der Waals surface area contributed by atoms with Gasteiger partial charge in [-0.3, -0.25) is 4.98 Å². The van der Waals surface area contributed by atoms with Crippen LogP contribution in [0.15, 0.2) is 36.0 Å². The second kappa shape index (κ2) is 4.79. The van der Waals surface area contributed by atoms with Crippen molar-refractivity contribution in [2.75, 3.05) is 7.11 Å². The molecule has 0 spiro atoms. The molecule has 1 heterocycles. The molecule has 0 saturated carbocycles. The summed E-state index contributed by atoms with van der Waals surface area (Å²) in [5, 5.41) is 0. The number of hydrogen-bond donors (Lipinski definition) is 0. The zero-order chi connectivity index (χ0) is 10.5. The van der Waals surface area contributed by atoms with E-state index in [1.54, 1.807) is 24.0 Å². The van der Waals surface area contributed by atoms with Gasteiger partial charge in [0, 0.05) is 12.3 Å². The zero-order valence-corrected chi connectivity index (χ0v) is 9.16. The summed E-state index contributed by atoms with van der Waals surface area (Å²) in [6.45, 7) is 0.553. The predicted molar refractivity (Wildman–Crippen MR) is 59.4 cm³/mol. The Morgan fingerprint density at radius 1 is 1.33 bits per heavy atom. The molecule has 2 rings (SSSR count). The molecule has 4 heteroatoms. The number of aromatic nitrogens is 1. The monoisotopic (exact) mass is 221 g/mol. The van der Waals surface area contributed by atoms with Crippen LogP contribution in [0.1, 0.15) is 4.88 Å². The number of hydrogen-bond acceptors (Lipinski definition) is 4. The number of nitrogens with zero attached hydrogens (tertiary/aromatic N) is 1. The van der Waals surface area contributed by atoms with E-state index in [0.717, 1.165) is 16.4 Å². The van der Waals surface area contributed by atoms with E-state index in [9.17, 15) is 0 Å². The van der Waals surface area contributed by atoms with Gasteiger partial charge in [0.25, 0.3) is 0 Å². The van der Waals surface area contributed by atoms with Crippen LogP contribution in [0, 0.1) is 0 Å². The van der Waals surface area contributed by atoms with E-state index in [0.29, 0.717) is 6.61 Å². The van der Waals surface area contributed by atoms with Crippen molar-refractivity contribution in [3.63, 3.8) is 0 Å². The SMILES string of the molecule is COc1cccc(OCc2cncs2)c1. The quantitative estimate of drug-likeness (QED) is 0.795. The molecule has 15 heavy (non-hydrogen) atoms. The fourth-order valence-corrected chi connectivity index (χ4v) is 1.66. The topological polar surface area (TPSA) is 31.4 Å². The standard InChI is InChI=1S/C11H11NO2S/c1-13-9-3-2-4-10(5-9)14-7-11-6-12-8-15-11/h2-6,8H,7H2,1H3. The maximum absolute atomic E-state index is 5.58. The van der Waals surface area contributed by atoms with Gasteiger partial charge in [0.05, 0.1) is 17.5 Å². The first-order valence-corrected chi connectivity index (χ1v) is 5.40. The molecule has 0 aliphatic carbocycles. The van der Waals surface area contributed by atoms with Gasteiger partial charge in [0.1, 0.15) is 18.1 Å². The summed E-state index contributed by atoms with van der Waals surface area (Å²) in [5.41, 5.74) is 1.80. The lowest BCUT2D eigenvalue weighted by molar-refractivity contribution is 0.307. The molecule has 0 atom stereocenters. The van der Waals surface area contributed by atoms with E-state index in [1.165, 1.54) is 0 Å². The first-order chi connectivity index (χ1) is 7.38. The minimum absolute atomic E-state index is 0.553. The fourth-order valence-electron chi connectivity index (χ4n) is 1.16. The van der Waals surface area contributed by atoms with Crippen molar-refractivity contribution < 1.29 is 9.47 Å². The lowest BCUT2D eigenvalue weighted by Gasteiger charge is -2.05. The number of rotatable bonds is 4. The third-order valence-electron chi connectivity index (χ3n) is 1.91. The van der Waals surface area contributed by atoms with Crippen molar-refractivity contribution in [3.8, 4) is 11.5 Å². The molecule has 0 unspecified atom stereocenters. The van der Waals surface area contributed by atoms with Crippen molar-refractivity contribution in [3.05, 3.63) is 40.8 Å². The summed E-state index contributed by atoms with van der Waals surface area (Å²) in [7, 11) is 1.64. The van der Waals surface area contributed by atoms with E-state index >= 15 is 0 Å². The Bertz CT molecular complexity index is 414. The van der Waals surface area contributed by atoms with Crippen LogP contribution in [0.25, 0.3) is 0 Å². The third kappa shape index (κ3) is 2.70. The fraction of sp³-hybridized carbons (Fsp3) is 0.182. The van der Waals surface area contributed by atoms with Crippen LogP contribution in [0.2, 0.25) is 0 Å². The van der Waals surface area contributed by atoms with Crippen molar-refractivity contribution in [1.29, 1.82) is 0 Å². The number of benzene rings is 1. The Morgan fingerprint density at radius 3 is 2.93 bits per heavy atom. The van der Waals surface area contributed by atoms with E-state index in [2.05, 4.69) is 4.98 Å². The lowest BCUT2D eigenvalue weighted by Crippen LogP contribution is -1.93. The van der Waals surface area contributed by atoms with Crippen LogP contribution in [0.4, 0.5) is 0 Å². The van der Waals surface area contributed by atoms with Gasteiger partial charge in [-0.15, -0.1) is 11.3 Å². The Balaban J connectivity index is 1.98. The summed E-state index contributed by atoms with van der Waals surface area (Å²) >= 11 is 1.58. The minimum atomic E-state index is 0.553. The summed E-state index contributed by atoms with van der Waals surface area (Å²) in [5.74, 6) is 1.61. The van der Waals surface area contributed by atoms with Crippen LogP contribution < -0.4 is 9.47 Å². The predicted octanol–water partition coefficient (Wildman–Crippen LogP) is 2.73. The summed E-state index contributed by atoms with van der Waals surface area (Å²) < 4.78 is 10.7. The van der Waals surface area contributed by atoms with Gasteiger partial charge in [-0.1, -0.05) is 6.07 Å². The highest BCUT2D eigenvalue weighted by molar-refractivity contribution is 7.09. The first-order valence-electron chi connectivity index (χ1n) is 4.52. The molecular formula is C11H11NO2S. The van der Waals surface area contributed by atoms with Crippen LogP contribution in [-0.4, -0.2) is 12.1 Å². The van der Waals surface area contributed by atoms with Crippen molar-refractivity contribution in [2.45, 2.75) is 6.61 Å². The zero-order valence-electron chi connectivity index (χ0n) is 8.34. The van der Waals surface area contributed by atoms with Gasteiger partial charge >= 0.3 is 0 Å². The second-order valence-corrected chi connectivity index (χ2v) is 3.91. The number of thiazole rings is 1. The maximum atomic E-state index is 5.58. The average Bonchev–Trinajstić information content (AvgIpc) is 2.79. The first kappa shape index (κ1) is 9.98. The van der Waals surface area contributed by atoms with Crippen LogP contribution in [0.5, 0.6) is 11.5 Å². The Morgan fingerprint density at radius 2 is 2.20 bits per heavy atom. The van der Waals surface area contributed by atoms with Crippen LogP contribution in [0.3, 0.4) is 0 Å². The molecule has 3 nitrogen and oxygen atoms in total. The molecule has 0 radical (unpaired) electrons. The van der Waals surface area contributed by atoms with E-state index in [-0.39, 0.29) is 0 Å². The molecule has 1 aromatic carbocycles. The molecule has 0 N–H and O–H groups in total.